The van der Waals surface area contributed by atoms with E-state index in [1.165, 1.54) is 37.3 Å². The Morgan fingerprint density at radius 1 is 0.939 bits per heavy atom. The van der Waals surface area contributed by atoms with Gasteiger partial charge in [0.25, 0.3) is 0 Å². The van der Waals surface area contributed by atoms with Crippen molar-refractivity contribution in [3.05, 3.63) is 59.7 Å². The molecule has 1 fully saturated rings. The minimum absolute atomic E-state index is 0.0116. The van der Waals surface area contributed by atoms with Crippen LogP contribution in [0.15, 0.2) is 48.5 Å². The van der Waals surface area contributed by atoms with Crippen molar-refractivity contribution in [3.63, 3.8) is 0 Å². The fraction of sp³-hybridized carbons (Fsp3) is 0.273. The number of hydrogen-bond donors (Lipinski definition) is 2. The van der Waals surface area contributed by atoms with Gasteiger partial charge in [-0.25, -0.2) is 4.98 Å². The van der Waals surface area contributed by atoms with Gasteiger partial charge in [-0.2, -0.15) is 18.2 Å². The van der Waals surface area contributed by atoms with Gasteiger partial charge in [0.1, 0.15) is 11.6 Å². The van der Waals surface area contributed by atoms with Crippen molar-refractivity contribution in [2.75, 3.05) is 10.6 Å². The molecular weight excluding hydrogens is 450 g/mol. The first-order valence-electron chi connectivity index (χ1n) is 9.93. The molecule has 1 saturated carbocycles. The highest BCUT2D eigenvalue weighted by atomic mass is 19.4. The molecule has 1 aromatic heterocycles. The largest absolute Gasteiger partial charge is 0.573 e. The first-order chi connectivity index (χ1) is 15.5. The predicted molar refractivity (Wildman–Crippen MR) is 110 cm³/mol. The van der Waals surface area contributed by atoms with Crippen molar-refractivity contribution in [2.45, 2.75) is 38.3 Å². The van der Waals surface area contributed by atoms with Crippen molar-refractivity contribution in [1.29, 1.82) is 0 Å². The van der Waals surface area contributed by atoms with E-state index in [-0.39, 0.29) is 34.8 Å². The third-order valence-electron chi connectivity index (χ3n) is 4.90. The molecule has 3 aromatic rings. The van der Waals surface area contributed by atoms with E-state index in [2.05, 4.69) is 25.3 Å². The SMILES string of the molecule is Cc1c(Nc2cc(-c3cccc(OC(F)(F)F)c3)nc(NC3CC3)n2)cccc1C(F)(F)F. The van der Waals surface area contributed by atoms with E-state index < -0.39 is 23.9 Å². The van der Waals surface area contributed by atoms with Crippen LogP contribution < -0.4 is 15.4 Å². The van der Waals surface area contributed by atoms with Crippen molar-refractivity contribution in [2.24, 2.45) is 0 Å². The van der Waals surface area contributed by atoms with Crippen LogP contribution >= 0.6 is 0 Å². The second-order valence-electron chi connectivity index (χ2n) is 7.56. The van der Waals surface area contributed by atoms with Crippen molar-refractivity contribution in [3.8, 4) is 17.0 Å². The topological polar surface area (TPSA) is 59.1 Å². The minimum Gasteiger partial charge on any atom is -0.406 e. The fourth-order valence-corrected chi connectivity index (χ4v) is 3.20. The van der Waals surface area contributed by atoms with Gasteiger partial charge in [0.15, 0.2) is 0 Å². The maximum Gasteiger partial charge on any atom is 0.573 e. The van der Waals surface area contributed by atoms with Gasteiger partial charge in [-0.05, 0) is 49.6 Å². The van der Waals surface area contributed by atoms with Gasteiger partial charge in [0.2, 0.25) is 5.95 Å². The number of ether oxygens (including phenoxy) is 1. The highest BCUT2D eigenvalue weighted by Crippen LogP contribution is 2.36. The summed E-state index contributed by atoms with van der Waals surface area (Å²) in [7, 11) is 0. The van der Waals surface area contributed by atoms with E-state index in [1.54, 1.807) is 6.07 Å². The summed E-state index contributed by atoms with van der Waals surface area (Å²) in [6.45, 7) is 1.34. The molecule has 0 amide bonds. The number of rotatable bonds is 6. The van der Waals surface area contributed by atoms with E-state index in [1.807, 2.05) is 0 Å². The average Bonchev–Trinajstić information content (AvgIpc) is 3.51. The molecule has 0 aliphatic heterocycles. The standard InChI is InChI=1S/C22H18F6N4O/c1-12-16(21(23,24)25)6-3-7-17(12)30-19-11-18(31-20(32-19)29-14-8-9-14)13-4-2-5-15(10-13)33-22(26,27)28/h2-7,10-11,14H,8-9H2,1H3,(H2,29,30,31,32). The molecule has 0 atom stereocenters. The highest BCUT2D eigenvalue weighted by molar-refractivity contribution is 5.70. The Morgan fingerprint density at radius 2 is 1.67 bits per heavy atom. The van der Waals surface area contributed by atoms with Crippen LogP contribution in [0.2, 0.25) is 0 Å². The number of benzene rings is 2. The zero-order valence-electron chi connectivity index (χ0n) is 17.2. The van der Waals surface area contributed by atoms with Crippen molar-refractivity contribution in [1.82, 2.24) is 9.97 Å². The maximum absolute atomic E-state index is 13.3. The zero-order chi connectivity index (χ0) is 23.8. The van der Waals surface area contributed by atoms with Crippen LogP contribution in [-0.4, -0.2) is 22.4 Å². The Hall–Kier alpha value is -3.50. The molecule has 4 rings (SSSR count). The number of anilines is 3. The molecule has 1 aliphatic rings. The molecule has 0 radical (unpaired) electrons. The van der Waals surface area contributed by atoms with Crippen molar-refractivity contribution < 1.29 is 31.1 Å². The lowest BCUT2D eigenvalue weighted by molar-refractivity contribution is -0.274. The molecule has 33 heavy (non-hydrogen) atoms. The Bertz CT molecular complexity index is 1160. The quantitative estimate of drug-likeness (QED) is 0.395. The summed E-state index contributed by atoms with van der Waals surface area (Å²) >= 11 is 0. The molecule has 1 heterocycles. The summed E-state index contributed by atoms with van der Waals surface area (Å²) in [5.74, 6) is -0.0180. The normalized spacial score (nSPS) is 14.2. The van der Waals surface area contributed by atoms with Gasteiger partial charge >= 0.3 is 12.5 Å². The monoisotopic (exact) mass is 468 g/mol. The number of aromatic nitrogens is 2. The van der Waals surface area contributed by atoms with Crippen LogP contribution in [-0.2, 0) is 6.18 Å². The lowest BCUT2D eigenvalue weighted by atomic mass is 10.1. The zero-order valence-corrected chi connectivity index (χ0v) is 17.2. The smallest absolute Gasteiger partial charge is 0.406 e. The molecule has 2 N–H and O–H groups in total. The molecule has 11 heteroatoms. The van der Waals surface area contributed by atoms with Gasteiger partial charge in [-0.15, -0.1) is 13.2 Å². The van der Waals surface area contributed by atoms with Crippen molar-refractivity contribution >= 4 is 17.5 Å². The number of nitrogens with one attached hydrogen (secondary N) is 2. The van der Waals surface area contributed by atoms with E-state index in [0.717, 1.165) is 25.0 Å². The Labute approximate surface area is 184 Å². The van der Waals surface area contributed by atoms with E-state index in [0.29, 0.717) is 5.56 Å². The molecule has 5 nitrogen and oxygen atoms in total. The minimum atomic E-state index is -4.85. The number of halogens is 6. The van der Waals surface area contributed by atoms with E-state index in [9.17, 15) is 26.3 Å². The predicted octanol–water partition coefficient (Wildman–Crippen LogP) is 6.69. The van der Waals surface area contributed by atoms with E-state index in [4.69, 9.17) is 0 Å². The highest BCUT2D eigenvalue weighted by Gasteiger charge is 2.33. The molecule has 1 aliphatic carbocycles. The van der Waals surface area contributed by atoms with Gasteiger partial charge in [0, 0.05) is 23.4 Å². The van der Waals surface area contributed by atoms with Crippen LogP contribution in [0.1, 0.15) is 24.0 Å². The number of nitrogens with zero attached hydrogens (tertiary/aromatic N) is 2. The number of alkyl halides is 6. The molecule has 0 spiro atoms. The van der Waals surface area contributed by atoms with Crippen LogP contribution in [0.3, 0.4) is 0 Å². The maximum atomic E-state index is 13.3. The summed E-state index contributed by atoms with van der Waals surface area (Å²) in [6, 6.07) is 10.6. The molecule has 174 valence electrons. The van der Waals surface area contributed by atoms with Crippen LogP contribution in [0.25, 0.3) is 11.3 Å². The summed E-state index contributed by atoms with van der Waals surface area (Å²) in [6.07, 6.45) is -7.54. The number of hydrogen-bond acceptors (Lipinski definition) is 5. The molecule has 0 bridgehead atoms. The molecular formula is C22H18F6N4O. The second-order valence-corrected chi connectivity index (χ2v) is 7.56. The lowest BCUT2D eigenvalue weighted by Gasteiger charge is -2.16. The van der Waals surface area contributed by atoms with Gasteiger partial charge in [-0.1, -0.05) is 18.2 Å². The first-order valence-corrected chi connectivity index (χ1v) is 9.93. The van der Waals surface area contributed by atoms with Gasteiger partial charge < -0.3 is 15.4 Å². The van der Waals surface area contributed by atoms with Crippen LogP contribution in [0, 0.1) is 6.92 Å². The molecule has 0 saturated heterocycles. The van der Waals surface area contributed by atoms with Gasteiger partial charge in [0.05, 0.1) is 11.3 Å². The third kappa shape index (κ3) is 5.85. The molecule has 0 unspecified atom stereocenters. The summed E-state index contributed by atoms with van der Waals surface area (Å²) in [5, 5.41) is 5.98. The summed E-state index contributed by atoms with van der Waals surface area (Å²) < 4.78 is 81.6. The Kier molecular flexibility index (Phi) is 5.81. The second kappa shape index (κ2) is 8.45. The van der Waals surface area contributed by atoms with Gasteiger partial charge in [-0.3, -0.25) is 0 Å². The molecule has 2 aromatic carbocycles. The summed E-state index contributed by atoms with van der Waals surface area (Å²) in [5.41, 5.74) is -0.00624. The third-order valence-corrected chi connectivity index (χ3v) is 4.90. The fourth-order valence-electron chi connectivity index (χ4n) is 3.20. The van der Waals surface area contributed by atoms with Crippen LogP contribution in [0.5, 0.6) is 5.75 Å². The Morgan fingerprint density at radius 3 is 2.33 bits per heavy atom. The van der Waals surface area contributed by atoms with E-state index >= 15 is 0 Å². The summed E-state index contributed by atoms with van der Waals surface area (Å²) in [4.78, 5) is 8.69. The lowest BCUT2D eigenvalue weighted by Crippen LogP contribution is -2.17. The average molecular weight is 468 g/mol. The first kappa shape index (κ1) is 22.7. The Balaban J connectivity index is 1.70. The van der Waals surface area contributed by atoms with Crippen LogP contribution in [0.4, 0.5) is 43.8 Å².